The predicted molar refractivity (Wildman–Crippen MR) is 164 cm³/mol. The number of hydrogen-bond donors (Lipinski definition) is 1. The van der Waals surface area contributed by atoms with Crippen LogP contribution in [0.5, 0.6) is 11.5 Å². The second-order valence-corrected chi connectivity index (χ2v) is 11.4. The Morgan fingerprint density at radius 1 is 1.00 bits per heavy atom. The first-order chi connectivity index (χ1) is 20.7. The van der Waals surface area contributed by atoms with E-state index in [9.17, 15) is 4.39 Å². The van der Waals surface area contributed by atoms with E-state index >= 15 is 0 Å². The average Bonchev–Trinajstić information content (AvgIpc) is 3.49. The van der Waals surface area contributed by atoms with Crippen LogP contribution in [-0.2, 0) is 16.1 Å². The Morgan fingerprint density at radius 3 is 2.74 bits per heavy atom. The molecule has 8 heteroatoms. The number of anilines is 2. The average molecular weight is 576 g/mol. The molecule has 0 aliphatic carbocycles. The molecule has 2 fully saturated rings. The summed E-state index contributed by atoms with van der Waals surface area (Å²) in [6, 6.07) is 21.9. The second kappa shape index (κ2) is 13.8. The minimum Gasteiger partial charge on any atom is -0.490 e. The van der Waals surface area contributed by atoms with E-state index in [4.69, 9.17) is 18.9 Å². The predicted octanol–water partition coefficient (Wildman–Crippen LogP) is 5.38. The molecule has 7 nitrogen and oxygen atoms in total. The minimum absolute atomic E-state index is 0.0448. The lowest BCUT2D eigenvalue weighted by Gasteiger charge is -2.33. The molecule has 3 atom stereocenters. The number of fused-ring (bicyclic) bond motifs is 1. The lowest BCUT2D eigenvalue weighted by molar-refractivity contribution is 0.0106. The van der Waals surface area contributed by atoms with Gasteiger partial charge in [-0.1, -0.05) is 30.3 Å². The molecule has 0 saturated carbocycles. The molecule has 0 spiro atoms. The lowest BCUT2D eigenvalue weighted by Crippen LogP contribution is -2.41. The zero-order chi connectivity index (χ0) is 28.7. The molecule has 2 unspecified atom stereocenters. The molecular formula is C34H42FN3O4. The molecule has 2 saturated heterocycles. The van der Waals surface area contributed by atoms with Crippen molar-refractivity contribution < 1.29 is 23.3 Å². The third-order valence-electron chi connectivity index (χ3n) is 8.60. The van der Waals surface area contributed by atoms with Crippen LogP contribution in [0.25, 0.3) is 0 Å². The van der Waals surface area contributed by atoms with Crippen LogP contribution in [0, 0.1) is 5.82 Å². The van der Waals surface area contributed by atoms with Crippen molar-refractivity contribution in [3.8, 4) is 11.5 Å². The highest BCUT2D eigenvalue weighted by Crippen LogP contribution is 2.34. The van der Waals surface area contributed by atoms with E-state index in [1.165, 1.54) is 11.6 Å². The molecule has 3 aromatic rings. The van der Waals surface area contributed by atoms with E-state index in [0.29, 0.717) is 31.4 Å². The topological polar surface area (TPSA) is 55.4 Å². The van der Waals surface area contributed by atoms with Gasteiger partial charge in [-0.25, -0.2) is 4.39 Å². The maximum atomic E-state index is 14.2. The summed E-state index contributed by atoms with van der Waals surface area (Å²) in [5, 5.41) is 3.52. The molecule has 42 heavy (non-hydrogen) atoms. The van der Waals surface area contributed by atoms with Gasteiger partial charge in [0.05, 0.1) is 37.2 Å². The van der Waals surface area contributed by atoms with Gasteiger partial charge >= 0.3 is 0 Å². The number of nitrogens with zero attached hydrogens (tertiary/aromatic N) is 2. The van der Waals surface area contributed by atoms with Gasteiger partial charge < -0.3 is 34.1 Å². The Balaban J connectivity index is 1.05. The van der Waals surface area contributed by atoms with Crippen LogP contribution in [0.15, 0.2) is 66.7 Å². The Bertz CT molecular complexity index is 1310. The summed E-state index contributed by atoms with van der Waals surface area (Å²) < 4.78 is 38.2. The Labute approximate surface area is 248 Å². The van der Waals surface area contributed by atoms with Crippen LogP contribution in [0.4, 0.5) is 15.8 Å². The third kappa shape index (κ3) is 6.83. The van der Waals surface area contributed by atoms with Crippen LogP contribution in [-0.4, -0.2) is 71.8 Å². The maximum absolute atomic E-state index is 14.2. The van der Waals surface area contributed by atoms with Crippen molar-refractivity contribution in [3.05, 3.63) is 83.7 Å². The van der Waals surface area contributed by atoms with Gasteiger partial charge in [-0.15, -0.1) is 0 Å². The van der Waals surface area contributed by atoms with Gasteiger partial charge in [0.2, 0.25) is 0 Å². The minimum atomic E-state index is -0.179. The van der Waals surface area contributed by atoms with Crippen molar-refractivity contribution in [1.82, 2.24) is 5.32 Å². The van der Waals surface area contributed by atoms with Gasteiger partial charge in [-0.3, -0.25) is 0 Å². The summed E-state index contributed by atoms with van der Waals surface area (Å²) >= 11 is 0. The lowest BCUT2D eigenvalue weighted by atomic mass is 9.87. The molecule has 1 N–H and O–H groups in total. The number of rotatable bonds is 11. The number of piperidine rings is 1. The van der Waals surface area contributed by atoms with Crippen molar-refractivity contribution in [2.75, 3.05) is 69.4 Å². The Kier molecular flexibility index (Phi) is 9.43. The molecule has 3 heterocycles. The fourth-order valence-corrected chi connectivity index (χ4v) is 6.37. The number of para-hydroxylation sites is 1. The third-order valence-corrected chi connectivity index (χ3v) is 8.60. The second-order valence-electron chi connectivity index (χ2n) is 11.4. The van der Waals surface area contributed by atoms with E-state index in [-0.39, 0.29) is 18.0 Å². The zero-order valence-electron chi connectivity index (χ0n) is 24.5. The molecule has 0 radical (unpaired) electrons. The normalized spacial score (nSPS) is 22.1. The van der Waals surface area contributed by atoms with Crippen molar-refractivity contribution in [1.29, 1.82) is 0 Å². The molecule has 224 valence electrons. The monoisotopic (exact) mass is 575 g/mol. The van der Waals surface area contributed by atoms with E-state index in [1.54, 1.807) is 13.2 Å². The number of halogens is 1. The first kappa shape index (κ1) is 28.8. The summed E-state index contributed by atoms with van der Waals surface area (Å²) in [6.45, 7) is 7.15. The summed E-state index contributed by atoms with van der Waals surface area (Å²) in [7, 11) is 1.75. The summed E-state index contributed by atoms with van der Waals surface area (Å²) in [4.78, 5) is 4.46. The fraction of sp³-hybridized carbons (Fsp3) is 0.471. The van der Waals surface area contributed by atoms with E-state index in [2.05, 4.69) is 57.6 Å². The molecule has 3 aliphatic heterocycles. The summed E-state index contributed by atoms with van der Waals surface area (Å²) in [6.07, 6.45) is 3.02. The van der Waals surface area contributed by atoms with Crippen LogP contribution < -0.4 is 24.6 Å². The maximum Gasteiger partial charge on any atom is 0.146 e. The molecule has 3 aliphatic rings. The number of nitrogens with one attached hydrogen (secondary N) is 1. The van der Waals surface area contributed by atoms with Gasteiger partial charge in [0, 0.05) is 45.7 Å². The fourth-order valence-electron chi connectivity index (χ4n) is 6.37. The van der Waals surface area contributed by atoms with E-state index in [1.807, 2.05) is 12.1 Å². The quantitative estimate of drug-likeness (QED) is 0.308. The van der Waals surface area contributed by atoms with Crippen molar-refractivity contribution in [3.63, 3.8) is 0 Å². The first-order valence-corrected chi connectivity index (χ1v) is 15.3. The van der Waals surface area contributed by atoms with Gasteiger partial charge in [0.25, 0.3) is 0 Å². The standard InChI is InChI=1S/C34H42FN3O4/c1-39-19-4-16-37-18-20-40-33-12-7-25(21-32(33)37)24-41-34-22-36-15-13-29(34)26-8-10-27(11-9-26)42-28-14-17-38(23-28)31-6-3-2-5-30(31)35/h2-3,5-12,21,28-29,34,36H,4,13-20,22-24H2,1H3/t28-,29?,34?/m0/s1. The number of hydrogen-bond acceptors (Lipinski definition) is 7. The molecule has 0 aromatic heterocycles. The van der Waals surface area contributed by atoms with Crippen LogP contribution in [0.1, 0.15) is 36.3 Å². The van der Waals surface area contributed by atoms with Gasteiger partial charge in [-0.2, -0.15) is 0 Å². The molecule has 0 amide bonds. The largest absolute Gasteiger partial charge is 0.490 e. The number of ether oxygens (including phenoxy) is 4. The summed E-state index contributed by atoms with van der Waals surface area (Å²) in [5.74, 6) is 1.94. The Morgan fingerprint density at radius 2 is 1.88 bits per heavy atom. The summed E-state index contributed by atoms with van der Waals surface area (Å²) in [5.41, 5.74) is 4.23. The van der Waals surface area contributed by atoms with E-state index in [0.717, 1.165) is 81.3 Å². The highest BCUT2D eigenvalue weighted by molar-refractivity contribution is 5.61. The molecular weight excluding hydrogens is 533 g/mol. The number of benzene rings is 3. The van der Waals surface area contributed by atoms with Crippen molar-refractivity contribution in [2.24, 2.45) is 0 Å². The van der Waals surface area contributed by atoms with E-state index < -0.39 is 0 Å². The van der Waals surface area contributed by atoms with Crippen LogP contribution in [0.2, 0.25) is 0 Å². The van der Waals surface area contributed by atoms with Crippen molar-refractivity contribution >= 4 is 11.4 Å². The SMILES string of the molecule is COCCCN1CCOc2ccc(COC3CNCCC3c3ccc(O[C@H]4CCN(c5ccccc5F)C4)cc3)cc21. The van der Waals surface area contributed by atoms with Gasteiger partial charge in [-0.05, 0) is 66.9 Å². The molecule has 6 rings (SSSR count). The van der Waals surface area contributed by atoms with Crippen molar-refractivity contribution in [2.45, 2.75) is 44.0 Å². The van der Waals surface area contributed by atoms with Crippen LogP contribution in [0.3, 0.4) is 0 Å². The highest BCUT2D eigenvalue weighted by atomic mass is 19.1. The number of methoxy groups -OCH3 is 1. The molecule has 0 bridgehead atoms. The zero-order valence-corrected chi connectivity index (χ0v) is 24.5. The van der Waals surface area contributed by atoms with Gasteiger partial charge in [0.1, 0.15) is 30.0 Å². The smallest absolute Gasteiger partial charge is 0.146 e. The highest BCUT2D eigenvalue weighted by Gasteiger charge is 2.29. The van der Waals surface area contributed by atoms with Crippen LogP contribution >= 0.6 is 0 Å². The van der Waals surface area contributed by atoms with Gasteiger partial charge in [0.15, 0.2) is 0 Å². The Hall–Kier alpha value is -3.33. The molecule has 3 aromatic carbocycles. The first-order valence-electron chi connectivity index (χ1n) is 15.3.